The molecule has 0 aliphatic heterocycles. The quantitative estimate of drug-likeness (QED) is 0.612. The Morgan fingerprint density at radius 3 is 2.17 bits per heavy atom. The lowest BCUT2D eigenvalue weighted by Gasteiger charge is -2.12. The predicted octanol–water partition coefficient (Wildman–Crippen LogP) is 4.81. The number of carbonyl (C=O) groups excluding carboxylic acids is 2. The van der Waals surface area contributed by atoms with Gasteiger partial charge in [-0.15, -0.1) is 0 Å². The van der Waals surface area contributed by atoms with E-state index in [0.29, 0.717) is 17.7 Å². The van der Waals surface area contributed by atoms with Gasteiger partial charge in [-0.05, 0) is 54.3 Å². The van der Waals surface area contributed by atoms with E-state index in [4.69, 9.17) is 0 Å². The second kappa shape index (κ2) is 9.69. The fourth-order valence-corrected chi connectivity index (χ4v) is 2.96. The number of rotatable bonds is 7. The summed E-state index contributed by atoms with van der Waals surface area (Å²) < 4.78 is 0. The molecule has 0 spiro atoms. The third-order valence-corrected chi connectivity index (χ3v) is 4.89. The monoisotopic (exact) mass is 386 g/mol. The normalized spacial score (nSPS) is 11.5. The number of hydrogen-bond donors (Lipinski definition) is 2. The van der Waals surface area contributed by atoms with Crippen molar-refractivity contribution in [3.63, 3.8) is 0 Å². The highest BCUT2D eigenvalue weighted by Gasteiger charge is 2.10. The van der Waals surface area contributed by atoms with Gasteiger partial charge in [0.1, 0.15) is 0 Å². The number of nitrogens with one attached hydrogen (secondary N) is 2. The number of hydrogen-bond acceptors (Lipinski definition) is 2. The summed E-state index contributed by atoms with van der Waals surface area (Å²) in [6, 6.07) is 25.1. The Balaban J connectivity index is 1.60. The van der Waals surface area contributed by atoms with Crippen LogP contribution in [0, 0.1) is 0 Å². The van der Waals surface area contributed by atoms with Crippen LogP contribution in [-0.4, -0.2) is 17.9 Å². The van der Waals surface area contributed by atoms with Gasteiger partial charge in [0.2, 0.25) is 0 Å². The average molecular weight is 386 g/mol. The van der Waals surface area contributed by atoms with E-state index in [-0.39, 0.29) is 17.9 Å². The fraction of sp³-hybridized carbons (Fsp3) is 0.200. The molecule has 0 aromatic heterocycles. The highest BCUT2D eigenvalue weighted by atomic mass is 16.2. The van der Waals surface area contributed by atoms with Crippen molar-refractivity contribution < 1.29 is 9.59 Å². The minimum absolute atomic E-state index is 0.0935. The van der Waals surface area contributed by atoms with E-state index in [0.717, 1.165) is 23.1 Å². The maximum Gasteiger partial charge on any atom is 0.251 e. The standard InChI is InChI=1S/C25H26N2O2/c1-3-18(2)27-25(29)23-11-7-8-19(16-23)17-26-24(28)22-14-12-21(13-15-22)20-9-5-4-6-10-20/h4-16,18H,3,17H2,1-2H3,(H,26,28)(H,27,29). The lowest BCUT2D eigenvalue weighted by molar-refractivity contribution is 0.0936. The van der Waals surface area contributed by atoms with Crippen molar-refractivity contribution in [1.82, 2.24) is 10.6 Å². The maximum atomic E-state index is 12.5. The Labute approximate surface area is 172 Å². The molecular weight excluding hydrogens is 360 g/mol. The van der Waals surface area contributed by atoms with Crippen molar-refractivity contribution >= 4 is 11.8 Å². The maximum absolute atomic E-state index is 12.5. The summed E-state index contributed by atoms with van der Waals surface area (Å²) in [5.74, 6) is -0.233. The Morgan fingerprint density at radius 1 is 0.793 bits per heavy atom. The molecule has 2 amide bonds. The molecule has 0 saturated heterocycles. The van der Waals surface area contributed by atoms with Crippen molar-refractivity contribution in [2.24, 2.45) is 0 Å². The van der Waals surface area contributed by atoms with Crippen LogP contribution >= 0.6 is 0 Å². The number of amides is 2. The minimum Gasteiger partial charge on any atom is -0.350 e. The largest absolute Gasteiger partial charge is 0.350 e. The molecule has 0 aliphatic rings. The van der Waals surface area contributed by atoms with Crippen LogP contribution in [0.4, 0.5) is 0 Å². The minimum atomic E-state index is -0.140. The van der Waals surface area contributed by atoms with Gasteiger partial charge in [0.15, 0.2) is 0 Å². The van der Waals surface area contributed by atoms with Crippen molar-refractivity contribution in [3.05, 3.63) is 95.6 Å². The Hall–Kier alpha value is -3.40. The fourth-order valence-electron chi connectivity index (χ4n) is 2.96. The van der Waals surface area contributed by atoms with Crippen LogP contribution in [0.1, 0.15) is 46.5 Å². The van der Waals surface area contributed by atoms with Crippen LogP contribution in [0.15, 0.2) is 78.9 Å². The average Bonchev–Trinajstić information content (AvgIpc) is 2.78. The van der Waals surface area contributed by atoms with Gasteiger partial charge in [0.25, 0.3) is 11.8 Å². The Kier molecular flexibility index (Phi) is 6.80. The van der Waals surface area contributed by atoms with Crippen LogP contribution < -0.4 is 10.6 Å². The molecule has 1 unspecified atom stereocenters. The van der Waals surface area contributed by atoms with Crippen LogP contribution in [0.5, 0.6) is 0 Å². The van der Waals surface area contributed by atoms with Gasteiger partial charge >= 0.3 is 0 Å². The molecule has 29 heavy (non-hydrogen) atoms. The van der Waals surface area contributed by atoms with E-state index in [2.05, 4.69) is 10.6 Å². The highest BCUT2D eigenvalue weighted by Crippen LogP contribution is 2.19. The zero-order valence-electron chi connectivity index (χ0n) is 16.8. The van der Waals surface area contributed by atoms with Gasteiger partial charge in [0, 0.05) is 23.7 Å². The molecule has 148 valence electrons. The molecule has 0 fully saturated rings. The third kappa shape index (κ3) is 5.55. The summed E-state index contributed by atoms with van der Waals surface area (Å²) in [6.07, 6.45) is 0.880. The summed E-state index contributed by atoms with van der Waals surface area (Å²) in [5.41, 5.74) is 4.28. The van der Waals surface area contributed by atoms with Gasteiger partial charge in [-0.25, -0.2) is 0 Å². The van der Waals surface area contributed by atoms with Crippen LogP contribution in [-0.2, 0) is 6.54 Å². The first-order chi connectivity index (χ1) is 14.1. The summed E-state index contributed by atoms with van der Waals surface area (Å²) in [7, 11) is 0. The molecule has 3 aromatic carbocycles. The molecule has 4 heteroatoms. The molecule has 0 bridgehead atoms. The second-order valence-electron chi connectivity index (χ2n) is 7.11. The third-order valence-electron chi connectivity index (χ3n) is 4.89. The van der Waals surface area contributed by atoms with Gasteiger partial charge in [-0.3, -0.25) is 9.59 Å². The van der Waals surface area contributed by atoms with Crippen LogP contribution in [0.2, 0.25) is 0 Å². The summed E-state index contributed by atoms with van der Waals surface area (Å²) in [5, 5.41) is 5.88. The van der Waals surface area contributed by atoms with Gasteiger partial charge in [-0.1, -0.05) is 61.5 Å². The van der Waals surface area contributed by atoms with Crippen molar-refractivity contribution in [1.29, 1.82) is 0 Å². The topological polar surface area (TPSA) is 58.2 Å². The smallest absolute Gasteiger partial charge is 0.251 e. The van der Waals surface area contributed by atoms with Gasteiger partial charge < -0.3 is 10.6 Å². The molecule has 0 radical (unpaired) electrons. The summed E-state index contributed by atoms with van der Waals surface area (Å²) in [6.45, 7) is 4.37. The second-order valence-corrected chi connectivity index (χ2v) is 7.11. The number of carbonyl (C=O) groups is 2. The summed E-state index contributed by atoms with van der Waals surface area (Å²) in [4.78, 5) is 24.8. The molecule has 1 atom stereocenters. The first-order valence-electron chi connectivity index (χ1n) is 9.90. The summed E-state index contributed by atoms with van der Waals surface area (Å²) >= 11 is 0. The zero-order valence-corrected chi connectivity index (χ0v) is 16.8. The van der Waals surface area contributed by atoms with Crippen molar-refractivity contribution in [2.75, 3.05) is 0 Å². The Bertz CT molecular complexity index is 966. The van der Waals surface area contributed by atoms with Crippen LogP contribution in [0.25, 0.3) is 11.1 Å². The van der Waals surface area contributed by atoms with Crippen molar-refractivity contribution in [2.45, 2.75) is 32.9 Å². The first-order valence-corrected chi connectivity index (χ1v) is 9.90. The molecule has 3 aromatic rings. The van der Waals surface area contributed by atoms with Crippen LogP contribution in [0.3, 0.4) is 0 Å². The van der Waals surface area contributed by atoms with E-state index < -0.39 is 0 Å². The molecular formula is C25H26N2O2. The van der Waals surface area contributed by atoms with Crippen molar-refractivity contribution in [3.8, 4) is 11.1 Å². The SMILES string of the molecule is CCC(C)NC(=O)c1cccc(CNC(=O)c2ccc(-c3ccccc3)cc2)c1. The molecule has 0 heterocycles. The van der Waals surface area contributed by atoms with Gasteiger partial charge in [0.05, 0.1) is 0 Å². The van der Waals surface area contributed by atoms with E-state index in [1.807, 2.05) is 86.6 Å². The molecule has 0 aliphatic carbocycles. The highest BCUT2D eigenvalue weighted by molar-refractivity contribution is 5.95. The molecule has 3 rings (SSSR count). The van der Waals surface area contributed by atoms with E-state index in [1.165, 1.54) is 0 Å². The number of benzene rings is 3. The van der Waals surface area contributed by atoms with E-state index >= 15 is 0 Å². The Morgan fingerprint density at radius 2 is 1.48 bits per heavy atom. The van der Waals surface area contributed by atoms with E-state index in [9.17, 15) is 9.59 Å². The lowest BCUT2D eigenvalue weighted by Crippen LogP contribution is -2.32. The molecule has 2 N–H and O–H groups in total. The van der Waals surface area contributed by atoms with Gasteiger partial charge in [-0.2, -0.15) is 0 Å². The van der Waals surface area contributed by atoms with E-state index in [1.54, 1.807) is 6.07 Å². The molecule has 4 nitrogen and oxygen atoms in total. The lowest BCUT2D eigenvalue weighted by atomic mass is 10.0. The first kappa shape index (κ1) is 20.3. The zero-order chi connectivity index (χ0) is 20.6. The predicted molar refractivity (Wildman–Crippen MR) is 117 cm³/mol. The molecule has 0 saturated carbocycles.